The zero-order chi connectivity index (χ0) is 11.6. The molecule has 1 saturated carbocycles. The zero-order valence-corrected chi connectivity index (χ0v) is 9.88. The molecule has 1 aliphatic heterocycles. The summed E-state index contributed by atoms with van der Waals surface area (Å²) >= 11 is 0. The van der Waals surface area contributed by atoms with Gasteiger partial charge in [-0.3, -0.25) is 15.1 Å². The molecular formula is C11H19N3O2. The summed E-state index contributed by atoms with van der Waals surface area (Å²) in [6.07, 6.45) is 3.82. The van der Waals surface area contributed by atoms with E-state index in [1.807, 2.05) is 6.92 Å². The van der Waals surface area contributed by atoms with Gasteiger partial charge in [-0.1, -0.05) is 0 Å². The fraction of sp³-hybridized carbons (Fsp3) is 0.818. The molecule has 1 heterocycles. The number of carbonyl (C=O) groups excluding carboxylic acids is 1. The molecule has 5 heteroatoms. The number of hydrogen-bond acceptors (Lipinski definition) is 3. The van der Waals surface area contributed by atoms with E-state index in [-0.39, 0.29) is 12.0 Å². The Morgan fingerprint density at radius 2 is 2.44 bits per heavy atom. The van der Waals surface area contributed by atoms with Crippen molar-refractivity contribution in [2.24, 2.45) is 4.99 Å². The second-order valence-electron chi connectivity index (χ2n) is 4.44. The number of aliphatic imine (C=N–C) groups is 1. The summed E-state index contributed by atoms with van der Waals surface area (Å²) in [7, 11) is 1.71. The molecule has 2 N–H and O–H groups in total. The molecule has 1 saturated heterocycles. The van der Waals surface area contributed by atoms with Crippen molar-refractivity contribution in [3.8, 4) is 0 Å². The van der Waals surface area contributed by atoms with Gasteiger partial charge in [0.05, 0.1) is 6.10 Å². The van der Waals surface area contributed by atoms with Crippen LogP contribution in [0.1, 0.15) is 32.6 Å². The Hall–Kier alpha value is -1.10. The van der Waals surface area contributed by atoms with Gasteiger partial charge >= 0.3 is 0 Å². The second kappa shape index (κ2) is 4.41. The molecule has 2 aliphatic rings. The number of nitrogens with one attached hydrogen (secondary N) is 2. The largest absolute Gasteiger partial charge is 0.381 e. The minimum atomic E-state index is -0.479. The van der Waals surface area contributed by atoms with Crippen molar-refractivity contribution in [2.75, 3.05) is 13.7 Å². The average Bonchev–Trinajstić information content (AvgIpc) is 2.56. The quantitative estimate of drug-likeness (QED) is 0.715. The van der Waals surface area contributed by atoms with Gasteiger partial charge in [0.1, 0.15) is 5.54 Å². The van der Waals surface area contributed by atoms with Crippen molar-refractivity contribution >= 4 is 11.9 Å². The van der Waals surface area contributed by atoms with Crippen molar-refractivity contribution in [3.63, 3.8) is 0 Å². The molecule has 0 bridgehead atoms. The highest BCUT2D eigenvalue weighted by atomic mass is 16.5. The van der Waals surface area contributed by atoms with Gasteiger partial charge in [-0.25, -0.2) is 0 Å². The molecule has 90 valence electrons. The number of guanidine groups is 1. The van der Waals surface area contributed by atoms with E-state index in [1.165, 1.54) is 0 Å². The highest BCUT2D eigenvalue weighted by Crippen LogP contribution is 2.32. The Kier molecular flexibility index (Phi) is 3.14. The average molecular weight is 225 g/mol. The third-order valence-corrected chi connectivity index (χ3v) is 3.38. The number of carbonyl (C=O) groups is 1. The molecule has 5 nitrogen and oxygen atoms in total. The van der Waals surface area contributed by atoms with E-state index in [2.05, 4.69) is 15.6 Å². The topological polar surface area (TPSA) is 62.7 Å². The first kappa shape index (κ1) is 11.4. The standard InChI is InChI=1S/C11H19N3O2/c1-3-12-10-13-9(15)11(14-10)6-4-5-8(7-11)16-2/h8H,3-7H2,1-2H3,(H2,12,13,14,15). The maximum atomic E-state index is 12.0. The third kappa shape index (κ3) is 1.91. The normalized spacial score (nSPS) is 36.5. The summed E-state index contributed by atoms with van der Waals surface area (Å²) < 4.78 is 5.36. The van der Waals surface area contributed by atoms with Gasteiger partial charge in [0.25, 0.3) is 5.91 Å². The van der Waals surface area contributed by atoms with Crippen molar-refractivity contribution in [1.82, 2.24) is 10.6 Å². The fourth-order valence-electron chi connectivity index (χ4n) is 2.52. The summed E-state index contributed by atoms with van der Waals surface area (Å²) in [5.41, 5.74) is -0.479. The van der Waals surface area contributed by atoms with Crippen molar-refractivity contribution in [3.05, 3.63) is 0 Å². The lowest BCUT2D eigenvalue weighted by molar-refractivity contribution is -0.126. The maximum absolute atomic E-state index is 12.0. The number of amides is 1. The summed E-state index contributed by atoms with van der Waals surface area (Å²) in [5, 5.41) is 6.04. The molecule has 16 heavy (non-hydrogen) atoms. The first-order chi connectivity index (χ1) is 7.70. The van der Waals surface area contributed by atoms with Gasteiger partial charge in [0.2, 0.25) is 0 Å². The van der Waals surface area contributed by atoms with Crippen LogP contribution < -0.4 is 10.6 Å². The number of hydrogen-bond donors (Lipinski definition) is 2. The number of nitrogens with zero attached hydrogens (tertiary/aromatic N) is 1. The van der Waals surface area contributed by atoms with Crippen LogP contribution in [0.5, 0.6) is 0 Å². The molecule has 1 spiro atoms. The third-order valence-electron chi connectivity index (χ3n) is 3.38. The van der Waals surface area contributed by atoms with Crippen LogP contribution in [0.15, 0.2) is 4.99 Å². The predicted octanol–water partition coefficient (Wildman–Crippen LogP) is 0.409. The lowest BCUT2D eigenvalue weighted by Crippen LogP contribution is -2.51. The molecular weight excluding hydrogens is 206 g/mol. The van der Waals surface area contributed by atoms with Gasteiger partial charge in [-0.05, 0) is 26.2 Å². The van der Waals surface area contributed by atoms with Crippen LogP contribution in [0.4, 0.5) is 0 Å². The Bertz CT molecular complexity index is 316. The Balaban J connectivity index is 2.13. The van der Waals surface area contributed by atoms with E-state index < -0.39 is 5.54 Å². The predicted molar refractivity (Wildman–Crippen MR) is 61.3 cm³/mol. The van der Waals surface area contributed by atoms with Crippen LogP contribution in [-0.4, -0.2) is 37.2 Å². The van der Waals surface area contributed by atoms with Crippen molar-refractivity contribution in [1.29, 1.82) is 0 Å². The van der Waals surface area contributed by atoms with Crippen molar-refractivity contribution in [2.45, 2.75) is 44.2 Å². The van der Waals surface area contributed by atoms with Crippen LogP contribution in [-0.2, 0) is 9.53 Å². The molecule has 2 fully saturated rings. The molecule has 1 aliphatic carbocycles. The van der Waals surface area contributed by atoms with E-state index in [0.29, 0.717) is 12.5 Å². The Morgan fingerprint density at radius 3 is 3.12 bits per heavy atom. The van der Waals surface area contributed by atoms with Crippen LogP contribution in [0.3, 0.4) is 0 Å². The summed E-state index contributed by atoms with van der Waals surface area (Å²) in [6, 6.07) is 0. The van der Waals surface area contributed by atoms with E-state index >= 15 is 0 Å². The van der Waals surface area contributed by atoms with Gasteiger partial charge in [0, 0.05) is 20.1 Å². The van der Waals surface area contributed by atoms with E-state index in [9.17, 15) is 4.79 Å². The molecule has 0 radical (unpaired) electrons. The molecule has 0 aromatic heterocycles. The monoisotopic (exact) mass is 225 g/mol. The van der Waals surface area contributed by atoms with E-state index in [0.717, 1.165) is 25.7 Å². The number of ether oxygens (including phenoxy) is 1. The van der Waals surface area contributed by atoms with E-state index in [1.54, 1.807) is 7.11 Å². The van der Waals surface area contributed by atoms with Crippen LogP contribution in [0, 0.1) is 0 Å². The SMILES string of the molecule is CCN=C1NC(=O)C2(CCCC(OC)C2)N1. The minimum absolute atomic E-state index is 0.0430. The summed E-state index contributed by atoms with van der Waals surface area (Å²) in [6.45, 7) is 2.62. The summed E-state index contributed by atoms with van der Waals surface area (Å²) in [5.74, 6) is 0.658. The first-order valence-corrected chi connectivity index (χ1v) is 5.87. The van der Waals surface area contributed by atoms with Crippen molar-refractivity contribution < 1.29 is 9.53 Å². The second-order valence-corrected chi connectivity index (χ2v) is 4.44. The minimum Gasteiger partial charge on any atom is -0.381 e. The van der Waals surface area contributed by atoms with Gasteiger partial charge < -0.3 is 10.1 Å². The zero-order valence-electron chi connectivity index (χ0n) is 9.88. The van der Waals surface area contributed by atoms with Crippen LogP contribution >= 0.6 is 0 Å². The Morgan fingerprint density at radius 1 is 1.62 bits per heavy atom. The number of methoxy groups -OCH3 is 1. The highest BCUT2D eigenvalue weighted by Gasteiger charge is 2.48. The number of rotatable bonds is 2. The molecule has 0 aromatic carbocycles. The molecule has 0 aromatic rings. The molecule has 2 rings (SSSR count). The van der Waals surface area contributed by atoms with E-state index in [4.69, 9.17) is 4.74 Å². The smallest absolute Gasteiger partial charge is 0.252 e. The highest BCUT2D eigenvalue weighted by molar-refractivity contribution is 6.09. The molecule has 1 amide bonds. The first-order valence-electron chi connectivity index (χ1n) is 5.87. The van der Waals surface area contributed by atoms with Gasteiger partial charge in [-0.15, -0.1) is 0 Å². The molecule has 2 atom stereocenters. The lowest BCUT2D eigenvalue weighted by Gasteiger charge is -2.34. The fourth-order valence-corrected chi connectivity index (χ4v) is 2.52. The lowest BCUT2D eigenvalue weighted by atomic mass is 9.80. The Labute approximate surface area is 95.6 Å². The van der Waals surface area contributed by atoms with Crippen LogP contribution in [0.25, 0.3) is 0 Å². The van der Waals surface area contributed by atoms with Gasteiger partial charge in [0.15, 0.2) is 5.96 Å². The summed E-state index contributed by atoms with van der Waals surface area (Å²) in [4.78, 5) is 16.2. The molecule has 2 unspecified atom stereocenters. The van der Waals surface area contributed by atoms with Crippen LogP contribution in [0.2, 0.25) is 0 Å². The van der Waals surface area contributed by atoms with Gasteiger partial charge in [-0.2, -0.15) is 0 Å². The maximum Gasteiger partial charge on any atom is 0.252 e.